The molecule has 0 saturated carbocycles. The predicted molar refractivity (Wildman–Crippen MR) is 211 cm³/mol. The Kier molecular flexibility index (Phi) is 9.34. The van der Waals surface area contributed by atoms with Gasteiger partial charge in [0.1, 0.15) is 0 Å². The average molecular weight is 640 g/mol. The molecule has 5 aromatic carbocycles. The fourth-order valence-corrected chi connectivity index (χ4v) is 6.66. The van der Waals surface area contributed by atoms with Crippen LogP contribution in [0, 0.1) is 20.8 Å². The van der Waals surface area contributed by atoms with E-state index in [1.54, 1.807) is 0 Å². The van der Waals surface area contributed by atoms with E-state index in [-0.39, 0.29) is 6.04 Å². The number of nitrogens with one attached hydrogen (secondary N) is 1. The van der Waals surface area contributed by atoms with E-state index in [1.165, 1.54) is 44.8 Å². The molecule has 0 bridgehead atoms. The highest BCUT2D eigenvalue weighted by Crippen LogP contribution is 2.36. The highest BCUT2D eigenvalue weighted by atomic mass is 15.2. The molecule has 49 heavy (non-hydrogen) atoms. The van der Waals surface area contributed by atoms with Gasteiger partial charge in [0, 0.05) is 40.2 Å². The van der Waals surface area contributed by atoms with Crippen molar-refractivity contribution in [2.45, 2.75) is 52.6 Å². The van der Waals surface area contributed by atoms with Crippen LogP contribution in [0.3, 0.4) is 0 Å². The van der Waals surface area contributed by atoms with Gasteiger partial charge >= 0.3 is 0 Å². The lowest BCUT2D eigenvalue weighted by atomic mass is 9.96. The third-order valence-corrected chi connectivity index (χ3v) is 9.55. The Balaban J connectivity index is 1.03. The number of anilines is 6. The van der Waals surface area contributed by atoms with Gasteiger partial charge in [-0.3, -0.25) is 0 Å². The van der Waals surface area contributed by atoms with Crippen LogP contribution in [0.4, 0.5) is 34.1 Å². The molecule has 1 N–H and O–H groups in total. The molecule has 3 heteroatoms. The summed E-state index contributed by atoms with van der Waals surface area (Å²) in [5.74, 6) is 0. The van der Waals surface area contributed by atoms with Crippen LogP contribution in [0.25, 0.3) is 5.57 Å². The lowest BCUT2D eigenvalue weighted by Crippen LogP contribution is -2.30. The fraction of sp³-hybridized carbons (Fsp3) is 0.174. The lowest BCUT2D eigenvalue weighted by Gasteiger charge is -2.33. The summed E-state index contributed by atoms with van der Waals surface area (Å²) in [5, 5.41) is 3.73. The molecule has 0 heterocycles. The maximum atomic E-state index is 3.73. The van der Waals surface area contributed by atoms with Gasteiger partial charge in [-0.2, -0.15) is 0 Å². The molecule has 244 valence electrons. The molecule has 0 aromatic heterocycles. The predicted octanol–water partition coefficient (Wildman–Crippen LogP) is 12.3. The minimum atomic E-state index is 0.241. The van der Waals surface area contributed by atoms with Crippen LogP contribution in [0.2, 0.25) is 0 Å². The van der Waals surface area contributed by atoms with Crippen molar-refractivity contribution in [3.05, 3.63) is 186 Å². The zero-order chi connectivity index (χ0) is 33.7. The van der Waals surface area contributed by atoms with Crippen LogP contribution < -0.4 is 15.1 Å². The summed E-state index contributed by atoms with van der Waals surface area (Å²) in [6, 6.07) is 44.7. The normalized spacial score (nSPS) is 16.9. The Morgan fingerprint density at radius 3 is 1.45 bits per heavy atom. The number of aryl methyl sites for hydroxylation is 3. The molecule has 5 aromatic rings. The van der Waals surface area contributed by atoms with Crippen molar-refractivity contribution >= 4 is 39.7 Å². The number of nitrogens with zero attached hydrogens (tertiary/aromatic N) is 2. The number of hydrogen-bond donors (Lipinski definition) is 1. The Morgan fingerprint density at radius 1 is 0.490 bits per heavy atom. The SMILES string of the molecule is CC1=CCC(N(c2ccc(C)cc2)c2ccc(C3=CCC(Nc4ccc(N(c5ccc(C)cc5)c5ccc(C)cc5)cc4)C=C3)cc2)C=C1. The van der Waals surface area contributed by atoms with Crippen molar-refractivity contribution in [2.75, 3.05) is 15.1 Å². The molecule has 0 saturated heterocycles. The maximum Gasteiger partial charge on any atom is 0.0560 e. The summed E-state index contributed by atoms with van der Waals surface area (Å²) in [6.07, 6.45) is 15.8. The third kappa shape index (κ3) is 7.47. The van der Waals surface area contributed by atoms with Crippen molar-refractivity contribution in [3.8, 4) is 0 Å². The summed E-state index contributed by atoms with van der Waals surface area (Å²) in [5.41, 5.74) is 14.6. The molecular weight excluding hydrogens is 595 g/mol. The molecule has 0 radical (unpaired) electrons. The van der Waals surface area contributed by atoms with Crippen LogP contribution in [0.15, 0.2) is 163 Å². The van der Waals surface area contributed by atoms with E-state index in [2.05, 4.69) is 201 Å². The quantitative estimate of drug-likeness (QED) is 0.173. The van der Waals surface area contributed by atoms with Crippen molar-refractivity contribution < 1.29 is 0 Å². The van der Waals surface area contributed by atoms with Crippen molar-refractivity contribution in [3.63, 3.8) is 0 Å². The highest BCUT2D eigenvalue weighted by molar-refractivity contribution is 5.79. The zero-order valence-corrected chi connectivity index (χ0v) is 29.0. The topological polar surface area (TPSA) is 18.5 Å². The Hall–Kier alpha value is -5.54. The van der Waals surface area contributed by atoms with E-state index in [9.17, 15) is 0 Å². The van der Waals surface area contributed by atoms with Gasteiger partial charge < -0.3 is 15.1 Å². The van der Waals surface area contributed by atoms with Crippen LogP contribution in [0.1, 0.15) is 42.0 Å². The first-order valence-electron chi connectivity index (χ1n) is 17.4. The monoisotopic (exact) mass is 639 g/mol. The van der Waals surface area contributed by atoms with Crippen molar-refractivity contribution in [1.82, 2.24) is 0 Å². The third-order valence-electron chi connectivity index (χ3n) is 9.55. The average Bonchev–Trinajstić information content (AvgIpc) is 3.13. The largest absolute Gasteiger partial charge is 0.379 e. The summed E-state index contributed by atoms with van der Waals surface area (Å²) in [7, 11) is 0. The van der Waals surface area contributed by atoms with Crippen molar-refractivity contribution in [1.29, 1.82) is 0 Å². The zero-order valence-electron chi connectivity index (χ0n) is 29.0. The Morgan fingerprint density at radius 2 is 0.980 bits per heavy atom. The van der Waals surface area contributed by atoms with Gasteiger partial charge in [0.25, 0.3) is 0 Å². The molecule has 3 nitrogen and oxygen atoms in total. The fourth-order valence-electron chi connectivity index (χ4n) is 6.66. The molecule has 7 rings (SSSR count). The van der Waals surface area contributed by atoms with Crippen LogP contribution in [-0.2, 0) is 0 Å². The van der Waals surface area contributed by atoms with E-state index in [4.69, 9.17) is 0 Å². The van der Waals surface area contributed by atoms with Crippen molar-refractivity contribution in [2.24, 2.45) is 0 Å². The van der Waals surface area contributed by atoms with Gasteiger partial charge in [0.05, 0.1) is 6.04 Å². The van der Waals surface area contributed by atoms with E-state index in [0.717, 1.165) is 35.6 Å². The second-order valence-electron chi connectivity index (χ2n) is 13.4. The first kappa shape index (κ1) is 32.0. The van der Waals surface area contributed by atoms with Crippen LogP contribution in [0.5, 0.6) is 0 Å². The minimum Gasteiger partial charge on any atom is -0.379 e. The smallest absolute Gasteiger partial charge is 0.0560 e. The number of allylic oxidation sites excluding steroid dienone is 4. The highest BCUT2D eigenvalue weighted by Gasteiger charge is 2.20. The molecule has 2 atom stereocenters. The molecule has 2 aliphatic carbocycles. The van der Waals surface area contributed by atoms with E-state index in [0.29, 0.717) is 6.04 Å². The van der Waals surface area contributed by atoms with Gasteiger partial charge in [0.2, 0.25) is 0 Å². The molecule has 2 unspecified atom stereocenters. The Labute approximate surface area is 292 Å². The molecular formula is C46H45N3. The standard InChI is InChI=1S/C46H45N3/c1-33-5-21-41(22-6-33)48(42-23-7-34(2)8-24-42)45-29-15-38(16-30-45)37-13-17-39(18-14-37)47-40-19-31-46(32-20-40)49(43-25-9-35(3)10-26-43)44-27-11-36(4)12-28-44/h5-17,19-23,25-32,39,42,47H,18,24H2,1-4H3. The summed E-state index contributed by atoms with van der Waals surface area (Å²) in [6.45, 7) is 8.57. The lowest BCUT2D eigenvalue weighted by molar-refractivity contribution is 0.779. The van der Waals surface area contributed by atoms with Gasteiger partial charge in [-0.25, -0.2) is 0 Å². The number of benzene rings is 5. The number of rotatable bonds is 9. The maximum absolute atomic E-state index is 3.73. The number of hydrogen-bond acceptors (Lipinski definition) is 3. The van der Waals surface area contributed by atoms with Crippen LogP contribution >= 0.6 is 0 Å². The first-order chi connectivity index (χ1) is 23.9. The minimum absolute atomic E-state index is 0.241. The molecule has 0 aliphatic heterocycles. The van der Waals surface area contributed by atoms with Crippen LogP contribution in [-0.4, -0.2) is 12.1 Å². The van der Waals surface area contributed by atoms with Gasteiger partial charge in [-0.15, -0.1) is 0 Å². The molecule has 0 amide bonds. The van der Waals surface area contributed by atoms with E-state index in [1.807, 2.05) is 0 Å². The van der Waals surface area contributed by atoms with Gasteiger partial charge in [-0.1, -0.05) is 107 Å². The molecule has 2 aliphatic rings. The van der Waals surface area contributed by atoms with Gasteiger partial charge in [0.15, 0.2) is 0 Å². The van der Waals surface area contributed by atoms with E-state index >= 15 is 0 Å². The molecule has 0 spiro atoms. The first-order valence-corrected chi connectivity index (χ1v) is 17.4. The summed E-state index contributed by atoms with van der Waals surface area (Å²) >= 11 is 0. The Bertz CT molecular complexity index is 1950. The summed E-state index contributed by atoms with van der Waals surface area (Å²) < 4.78 is 0. The molecule has 0 fully saturated rings. The summed E-state index contributed by atoms with van der Waals surface area (Å²) in [4.78, 5) is 4.77. The van der Waals surface area contributed by atoms with E-state index < -0.39 is 0 Å². The second-order valence-corrected chi connectivity index (χ2v) is 13.4. The van der Waals surface area contributed by atoms with Gasteiger partial charge in [-0.05, 0) is 124 Å². The second kappa shape index (κ2) is 14.3.